The first-order valence-corrected chi connectivity index (χ1v) is 13.1. The van der Waals surface area contributed by atoms with Gasteiger partial charge < -0.3 is 20.6 Å². The van der Waals surface area contributed by atoms with Crippen LogP contribution in [0, 0.1) is 16.0 Å². The summed E-state index contributed by atoms with van der Waals surface area (Å²) in [7, 11) is 0. The van der Waals surface area contributed by atoms with Crippen LogP contribution in [-0.4, -0.2) is 66.8 Å². The highest BCUT2D eigenvalue weighted by Gasteiger charge is 2.32. The number of nitrogens with one attached hydrogen (secondary N) is 1. The van der Waals surface area contributed by atoms with Crippen molar-refractivity contribution in [3.63, 3.8) is 0 Å². The molecule has 1 amide bonds. The largest absolute Gasteiger partial charge is 0.480 e. The molecule has 1 aromatic heterocycles. The van der Waals surface area contributed by atoms with Crippen LogP contribution >= 0.6 is 0 Å². The minimum atomic E-state index is -0.976. The highest BCUT2D eigenvalue weighted by atomic mass is 16.9. The summed E-state index contributed by atoms with van der Waals surface area (Å²) in [4.78, 5) is 39.6. The number of carbonyl (C=O) groups is 2. The van der Waals surface area contributed by atoms with E-state index in [0.717, 1.165) is 35.1 Å². The van der Waals surface area contributed by atoms with Gasteiger partial charge in [-0.2, -0.15) is 5.21 Å². The molecule has 0 spiro atoms. The van der Waals surface area contributed by atoms with Gasteiger partial charge in [-0.1, -0.05) is 75.7 Å². The van der Waals surface area contributed by atoms with Gasteiger partial charge in [0, 0.05) is 18.5 Å². The van der Waals surface area contributed by atoms with E-state index in [0.29, 0.717) is 25.2 Å². The van der Waals surface area contributed by atoms with Crippen molar-refractivity contribution in [3.05, 3.63) is 64.2 Å². The predicted molar refractivity (Wildman–Crippen MR) is 148 cm³/mol. The van der Waals surface area contributed by atoms with Gasteiger partial charge in [-0.3, -0.25) is 4.79 Å². The molecule has 13 heteroatoms. The van der Waals surface area contributed by atoms with Crippen LogP contribution in [0.2, 0.25) is 0 Å². The number of H-pyrrole nitrogens is 1. The molecule has 0 bridgehead atoms. The molecule has 0 fully saturated rings. The van der Waals surface area contributed by atoms with E-state index in [1.807, 2.05) is 69.3 Å². The molecule has 0 aliphatic carbocycles. The van der Waals surface area contributed by atoms with Crippen molar-refractivity contribution < 1.29 is 24.6 Å². The predicted octanol–water partition coefficient (Wildman–Crippen LogP) is 3.71. The number of tetrazole rings is 1. The number of carbonyl (C=O) groups excluding carboxylic acids is 1. The Morgan fingerprint density at radius 3 is 2.33 bits per heavy atom. The Labute approximate surface area is 232 Å². The first kappa shape index (κ1) is 31.8. The summed E-state index contributed by atoms with van der Waals surface area (Å²) in [5.41, 5.74) is 8.68. The molecule has 0 radical (unpaired) electrons. The molecule has 0 unspecified atom stereocenters. The Hall–Kier alpha value is -4.39. The summed E-state index contributed by atoms with van der Waals surface area (Å²) < 4.78 is 0. The van der Waals surface area contributed by atoms with E-state index in [-0.39, 0.29) is 25.0 Å². The number of hydrogen-bond acceptors (Lipinski definition) is 9. The third-order valence-electron chi connectivity index (χ3n) is 5.96. The lowest BCUT2D eigenvalue weighted by atomic mass is 9.97. The Morgan fingerprint density at radius 2 is 1.80 bits per heavy atom. The van der Waals surface area contributed by atoms with Gasteiger partial charge in [0.05, 0.1) is 6.61 Å². The number of nitrogens with two attached hydrogens (primary N) is 1. The van der Waals surface area contributed by atoms with Crippen LogP contribution in [-0.2, 0) is 21.0 Å². The van der Waals surface area contributed by atoms with E-state index >= 15 is 0 Å². The molecule has 0 saturated heterocycles. The maximum atomic E-state index is 12.9. The highest BCUT2D eigenvalue weighted by molar-refractivity contribution is 5.84. The third kappa shape index (κ3) is 9.73. The maximum absolute atomic E-state index is 12.9. The van der Waals surface area contributed by atoms with Crippen molar-refractivity contribution in [1.82, 2.24) is 25.5 Å². The second-order valence-corrected chi connectivity index (χ2v) is 9.33. The number of carboxylic acids is 1. The Kier molecular flexibility index (Phi) is 13.2. The van der Waals surface area contributed by atoms with Gasteiger partial charge in [-0.15, -0.1) is 20.3 Å². The number of hydrogen-bond donors (Lipinski definition) is 3. The first-order valence-electron chi connectivity index (χ1n) is 13.1. The fraction of sp³-hybridized carbons (Fsp3) is 0.444. The molecule has 0 aliphatic rings. The van der Waals surface area contributed by atoms with Gasteiger partial charge in [0.25, 0.3) is 5.09 Å². The van der Waals surface area contributed by atoms with E-state index in [4.69, 9.17) is 5.73 Å². The van der Waals surface area contributed by atoms with Crippen LogP contribution in [0.15, 0.2) is 48.5 Å². The molecule has 0 saturated carbocycles. The average molecular weight is 556 g/mol. The minimum absolute atomic E-state index is 0.101. The number of amides is 1. The normalized spacial score (nSPS) is 11.3. The number of nitrogens with zero attached hydrogens (tertiary/aromatic N) is 5. The number of aromatic amines is 1. The third-order valence-corrected chi connectivity index (χ3v) is 5.96. The second kappa shape index (κ2) is 16.5. The quantitative estimate of drug-likeness (QED) is 0.150. The molecule has 2 aromatic carbocycles. The zero-order valence-corrected chi connectivity index (χ0v) is 23.0. The molecule has 1 atom stereocenters. The zero-order valence-electron chi connectivity index (χ0n) is 23.0. The van der Waals surface area contributed by atoms with Gasteiger partial charge in [-0.25, -0.2) is 4.79 Å². The lowest BCUT2D eigenvalue weighted by molar-refractivity contribution is -0.757. The summed E-state index contributed by atoms with van der Waals surface area (Å²) in [6.07, 6.45) is 2.50. The standard InChI is InChI=1S/C24H29N5O3.C3H8N2O3/c1-4-5-10-21(30)29(22(16(2)3)24(31)32)15-17-11-13-18(14-12-17)19-8-6-7-9-20(19)23-25-27-28-26-23;4-2-1-3-8-5(6)7/h6-9,11-14,16,22H,4-5,10,15H2,1-3H3,(H,31,32)(H,25,26,27,28);1-4H2/t22-;/m0./s1. The van der Waals surface area contributed by atoms with Crippen LogP contribution in [0.4, 0.5) is 0 Å². The van der Waals surface area contributed by atoms with E-state index < -0.39 is 17.1 Å². The molecule has 13 nitrogen and oxygen atoms in total. The number of unbranched alkanes of at least 4 members (excludes halogenated alkanes) is 1. The molecular formula is C27H37N7O6. The summed E-state index contributed by atoms with van der Waals surface area (Å²) in [5.74, 6) is -0.784. The van der Waals surface area contributed by atoms with Crippen molar-refractivity contribution >= 4 is 11.9 Å². The molecule has 40 heavy (non-hydrogen) atoms. The van der Waals surface area contributed by atoms with Crippen LogP contribution in [0.3, 0.4) is 0 Å². The monoisotopic (exact) mass is 555 g/mol. The van der Waals surface area contributed by atoms with E-state index in [9.17, 15) is 24.8 Å². The van der Waals surface area contributed by atoms with Gasteiger partial charge in [0.1, 0.15) is 6.04 Å². The number of carboxylic acid groups (broad SMARTS) is 1. The van der Waals surface area contributed by atoms with E-state index in [2.05, 4.69) is 25.5 Å². The van der Waals surface area contributed by atoms with Gasteiger partial charge in [0.2, 0.25) is 11.7 Å². The number of aliphatic carboxylic acids is 1. The molecule has 1 heterocycles. The Bertz CT molecular complexity index is 1200. The highest BCUT2D eigenvalue weighted by Crippen LogP contribution is 2.30. The van der Waals surface area contributed by atoms with Crippen LogP contribution in [0.1, 0.15) is 52.0 Å². The van der Waals surface area contributed by atoms with E-state index in [1.165, 1.54) is 4.90 Å². The molecule has 0 aliphatic heterocycles. The van der Waals surface area contributed by atoms with Gasteiger partial charge in [-0.05, 0) is 47.2 Å². The zero-order chi connectivity index (χ0) is 29.5. The molecular weight excluding hydrogens is 518 g/mol. The summed E-state index contributed by atoms with van der Waals surface area (Å²) in [5, 5.41) is 32.6. The van der Waals surface area contributed by atoms with Crippen LogP contribution in [0.5, 0.6) is 0 Å². The first-order chi connectivity index (χ1) is 19.2. The lowest BCUT2D eigenvalue weighted by Crippen LogP contribution is -2.47. The topological polar surface area (TPSA) is 190 Å². The number of aromatic nitrogens is 4. The molecule has 216 valence electrons. The lowest BCUT2D eigenvalue weighted by Gasteiger charge is -2.32. The Balaban J connectivity index is 0.000000611. The summed E-state index contributed by atoms with van der Waals surface area (Å²) in [6, 6.07) is 14.7. The smallest absolute Gasteiger partial charge is 0.326 e. The van der Waals surface area contributed by atoms with Crippen molar-refractivity contribution in [1.29, 1.82) is 0 Å². The minimum Gasteiger partial charge on any atom is -0.480 e. The van der Waals surface area contributed by atoms with Gasteiger partial charge in [0.15, 0.2) is 0 Å². The SMILES string of the molecule is CCCCC(=O)N(Cc1ccc(-c2ccccc2-c2nn[nH]n2)cc1)[C@H](C(=O)O)C(C)C.NCCCO[N+](=O)[O-]. The Morgan fingerprint density at radius 1 is 1.12 bits per heavy atom. The fourth-order valence-electron chi connectivity index (χ4n) is 4.01. The van der Waals surface area contributed by atoms with Crippen LogP contribution < -0.4 is 5.73 Å². The van der Waals surface area contributed by atoms with Crippen molar-refractivity contribution in [2.45, 2.75) is 59.0 Å². The summed E-state index contributed by atoms with van der Waals surface area (Å²) >= 11 is 0. The number of rotatable bonds is 14. The number of benzene rings is 2. The maximum Gasteiger partial charge on any atom is 0.326 e. The van der Waals surface area contributed by atoms with Crippen LogP contribution in [0.25, 0.3) is 22.5 Å². The van der Waals surface area contributed by atoms with Crippen molar-refractivity contribution in [3.8, 4) is 22.5 Å². The molecule has 3 aromatic rings. The van der Waals surface area contributed by atoms with Crippen molar-refractivity contribution in [2.24, 2.45) is 11.7 Å². The van der Waals surface area contributed by atoms with E-state index in [1.54, 1.807) is 0 Å². The summed E-state index contributed by atoms with van der Waals surface area (Å²) in [6.45, 7) is 6.45. The fourth-order valence-corrected chi connectivity index (χ4v) is 4.01. The molecule has 3 rings (SSSR count). The van der Waals surface area contributed by atoms with Gasteiger partial charge >= 0.3 is 5.97 Å². The molecule has 4 N–H and O–H groups in total. The van der Waals surface area contributed by atoms with Crippen molar-refractivity contribution in [2.75, 3.05) is 13.2 Å². The second-order valence-electron chi connectivity index (χ2n) is 9.33. The average Bonchev–Trinajstić information content (AvgIpc) is 3.47.